The molecule has 0 radical (unpaired) electrons. The summed E-state index contributed by atoms with van der Waals surface area (Å²) in [5.41, 5.74) is -0.138. The molecule has 0 spiro atoms. The summed E-state index contributed by atoms with van der Waals surface area (Å²) >= 11 is 0. The van der Waals surface area contributed by atoms with Gasteiger partial charge in [-0.3, -0.25) is 4.57 Å². The highest BCUT2D eigenvalue weighted by Gasteiger charge is 2.28. The predicted octanol–water partition coefficient (Wildman–Crippen LogP) is 1.55. The van der Waals surface area contributed by atoms with Gasteiger partial charge in [-0.05, 0) is 6.42 Å². The first-order chi connectivity index (χ1) is 8.29. The van der Waals surface area contributed by atoms with Gasteiger partial charge in [0, 0.05) is 12.0 Å². The van der Waals surface area contributed by atoms with Gasteiger partial charge < -0.3 is 19.6 Å². The van der Waals surface area contributed by atoms with Gasteiger partial charge in [0.05, 0.1) is 6.61 Å². The van der Waals surface area contributed by atoms with E-state index in [1.807, 2.05) is 0 Å². The molecule has 7 heteroatoms. The van der Waals surface area contributed by atoms with Crippen molar-refractivity contribution >= 4 is 13.6 Å². The Balaban J connectivity index is 3.90. The minimum atomic E-state index is -4.60. The summed E-state index contributed by atoms with van der Waals surface area (Å²) in [5.74, 6) is -2.63. The zero-order chi connectivity index (χ0) is 14.2. The summed E-state index contributed by atoms with van der Waals surface area (Å²) in [4.78, 5) is 28.7. The van der Waals surface area contributed by atoms with E-state index in [0.717, 1.165) is 25.7 Å². The number of unbranched alkanes of at least 4 members (excludes halogenated alkanes) is 3. The Morgan fingerprint density at radius 3 is 2.44 bits per heavy atom. The van der Waals surface area contributed by atoms with Crippen LogP contribution in [-0.4, -0.2) is 33.3 Å². The van der Waals surface area contributed by atoms with Crippen LogP contribution in [0.15, 0.2) is 12.2 Å². The predicted molar refractivity (Wildman–Crippen MR) is 66.9 cm³/mol. The Kier molecular flexibility index (Phi) is 8.11. The minimum Gasteiger partial charge on any atom is -0.462 e. The van der Waals surface area contributed by atoms with E-state index in [1.165, 1.54) is 0 Å². The molecule has 0 heterocycles. The zero-order valence-electron chi connectivity index (χ0n) is 10.5. The van der Waals surface area contributed by atoms with Gasteiger partial charge in [-0.25, -0.2) is 4.79 Å². The molecule has 0 bridgehead atoms. The lowest BCUT2D eigenvalue weighted by molar-refractivity contribution is -0.139. The zero-order valence-corrected chi connectivity index (χ0v) is 11.4. The van der Waals surface area contributed by atoms with E-state index < -0.39 is 25.8 Å². The summed E-state index contributed by atoms with van der Waals surface area (Å²) in [6.45, 7) is 5.67. The van der Waals surface area contributed by atoms with E-state index in [0.29, 0.717) is 0 Å². The van der Waals surface area contributed by atoms with Gasteiger partial charge in [0.15, 0.2) is 5.85 Å². The van der Waals surface area contributed by atoms with Gasteiger partial charge in [0.25, 0.3) is 0 Å². The molecule has 1 unspecified atom stereocenters. The van der Waals surface area contributed by atoms with Crippen LogP contribution in [0.2, 0.25) is 0 Å². The van der Waals surface area contributed by atoms with Gasteiger partial charge in [-0.15, -0.1) is 0 Å². The molecule has 0 saturated carbocycles. The van der Waals surface area contributed by atoms with Crippen molar-refractivity contribution in [3.8, 4) is 0 Å². The van der Waals surface area contributed by atoms with E-state index >= 15 is 0 Å². The van der Waals surface area contributed by atoms with Crippen LogP contribution in [-0.2, 0) is 14.1 Å². The van der Waals surface area contributed by atoms with Crippen molar-refractivity contribution in [3.63, 3.8) is 0 Å². The Bertz CT molecular complexity index is 321. The van der Waals surface area contributed by atoms with Crippen molar-refractivity contribution in [3.05, 3.63) is 12.2 Å². The van der Waals surface area contributed by atoms with Crippen LogP contribution >= 0.6 is 7.60 Å². The average Bonchev–Trinajstić information content (AvgIpc) is 2.27. The van der Waals surface area contributed by atoms with Crippen LogP contribution in [0.3, 0.4) is 0 Å². The van der Waals surface area contributed by atoms with Gasteiger partial charge >= 0.3 is 13.6 Å². The van der Waals surface area contributed by atoms with Crippen LogP contribution in [0.1, 0.15) is 39.0 Å². The molecule has 0 aromatic carbocycles. The Hall–Kier alpha value is -0.680. The van der Waals surface area contributed by atoms with E-state index in [4.69, 9.17) is 19.6 Å². The highest BCUT2D eigenvalue weighted by molar-refractivity contribution is 7.52. The third kappa shape index (κ3) is 7.61. The summed E-state index contributed by atoms with van der Waals surface area (Å²) < 4.78 is 15.5. The monoisotopic (exact) mass is 280 g/mol. The third-order valence-corrected chi connectivity index (χ3v) is 3.30. The molecule has 0 amide bonds. The molecule has 0 aromatic heterocycles. The minimum absolute atomic E-state index is 0.138. The van der Waals surface area contributed by atoms with Gasteiger partial charge in [0.2, 0.25) is 0 Å². The topological polar surface area (TPSA) is 104 Å². The lowest BCUT2D eigenvalue weighted by atomic mass is 10.2. The van der Waals surface area contributed by atoms with Crippen molar-refractivity contribution in [2.45, 2.75) is 44.9 Å². The third-order valence-electron chi connectivity index (χ3n) is 2.34. The molecule has 0 fully saturated rings. The van der Waals surface area contributed by atoms with E-state index in [1.54, 1.807) is 0 Å². The van der Waals surface area contributed by atoms with Crippen LogP contribution in [0, 0.1) is 0 Å². The summed E-state index contributed by atoms with van der Waals surface area (Å²) in [6, 6.07) is 0. The van der Waals surface area contributed by atoms with Crippen molar-refractivity contribution in [1.82, 2.24) is 0 Å². The molecule has 0 aliphatic rings. The number of aliphatic hydroxyl groups excluding tert-OH is 1. The largest absolute Gasteiger partial charge is 0.462 e. The average molecular weight is 280 g/mol. The first kappa shape index (κ1) is 17.3. The number of hydrogen-bond acceptors (Lipinski definition) is 4. The number of rotatable bonds is 9. The second-order valence-corrected chi connectivity index (χ2v) is 5.85. The molecule has 6 nitrogen and oxygen atoms in total. The number of aliphatic hydroxyl groups is 1. The van der Waals surface area contributed by atoms with Crippen LogP contribution in [0.4, 0.5) is 0 Å². The lowest BCUT2D eigenvalue weighted by Crippen LogP contribution is -2.15. The Morgan fingerprint density at radius 1 is 1.33 bits per heavy atom. The van der Waals surface area contributed by atoms with Gasteiger partial charge in [-0.1, -0.05) is 32.8 Å². The summed E-state index contributed by atoms with van der Waals surface area (Å²) in [6.07, 6.45) is 3.36. The number of esters is 1. The molecular weight excluding hydrogens is 259 g/mol. The van der Waals surface area contributed by atoms with Gasteiger partial charge in [-0.2, -0.15) is 0 Å². The quantitative estimate of drug-likeness (QED) is 0.256. The maximum atomic E-state index is 11.4. The maximum absolute atomic E-state index is 11.4. The molecule has 0 rings (SSSR count). The summed E-state index contributed by atoms with van der Waals surface area (Å²) in [7, 11) is -4.60. The molecule has 3 N–H and O–H groups in total. The standard InChI is InChI=1S/C11H21O6P/c1-3-4-5-6-7-17-11(13)9(2)8-10(12)18(14,15)16/h10,12H,2-8H2,1H3,(H2,14,15,16). The number of ether oxygens (including phenoxy) is 1. The molecule has 106 valence electrons. The van der Waals surface area contributed by atoms with Crippen molar-refractivity contribution in [2.75, 3.05) is 6.61 Å². The van der Waals surface area contributed by atoms with Crippen molar-refractivity contribution in [2.24, 2.45) is 0 Å². The molecule has 18 heavy (non-hydrogen) atoms. The molecule has 0 saturated heterocycles. The molecule has 0 aliphatic heterocycles. The van der Waals surface area contributed by atoms with Crippen molar-refractivity contribution in [1.29, 1.82) is 0 Å². The fourth-order valence-corrected chi connectivity index (χ4v) is 1.68. The highest BCUT2D eigenvalue weighted by Crippen LogP contribution is 2.42. The number of hydrogen-bond donors (Lipinski definition) is 3. The molecular formula is C11H21O6P. The molecule has 0 aliphatic carbocycles. The normalized spacial score (nSPS) is 13.1. The first-order valence-electron chi connectivity index (χ1n) is 5.87. The number of carbonyl (C=O) groups excluding carboxylic acids is 1. The smallest absolute Gasteiger partial charge is 0.354 e. The van der Waals surface area contributed by atoms with Crippen molar-refractivity contribution < 1.29 is 29.0 Å². The maximum Gasteiger partial charge on any atom is 0.354 e. The van der Waals surface area contributed by atoms with Crippen LogP contribution in [0.5, 0.6) is 0 Å². The summed E-state index contributed by atoms with van der Waals surface area (Å²) in [5, 5.41) is 9.11. The van der Waals surface area contributed by atoms with Gasteiger partial charge in [0.1, 0.15) is 0 Å². The Morgan fingerprint density at radius 2 is 1.94 bits per heavy atom. The Labute approximate surface area is 107 Å². The number of carbonyl (C=O) groups is 1. The second-order valence-electron chi connectivity index (χ2n) is 4.07. The molecule has 1 atom stereocenters. The molecule has 0 aromatic rings. The fourth-order valence-electron chi connectivity index (χ4n) is 1.22. The van der Waals surface area contributed by atoms with E-state index in [2.05, 4.69) is 13.5 Å². The fraction of sp³-hybridized carbons (Fsp3) is 0.727. The SMILES string of the molecule is C=C(CC(O)P(=O)(O)O)C(=O)OCCCCCC. The highest BCUT2D eigenvalue weighted by atomic mass is 31.2. The van der Waals surface area contributed by atoms with E-state index in [-0.39, 0.29) is 12.2 Å². The lowest BCUT2D eigenvalue weighted by Gasteiger charge is -2.13. The second kappa shape index (κ2) is 8.43. The van der Waals surface area contributed by atoms with E-state index in [9.17, 15) is 9.36 Å². The van der Waals surface area contributed by atoms with Crippen LogP contribution < -0.4 is 0 Å². The first-order valence-corrected chi connectivity index (χ1v) is 7.55. The van der Waals surface area contributed by atoms with Crippen LogP contribution in [0.25, 0.3) is 0 Å².